The quantitative estimate of drug-likeness (QED) is 0.826. The smallest absolute Gasteiger partial charge is 0.236 e. The van der Waals surface area contributed by atoms with Crippen LogP contribution in [0, 0.1) is 5.92 Å². The van der Waals surface area contributed by atoms with Gasteiger partial charge in [-0.05, 0) is 38.6 Å². The first-order chi connectivity index (χ1) is 9.57. The molecule has 2 heterocycles. The first kappa shape index (κ1) is 15.7. The molecule has 1 N–H and O–H groups in total. The van der Waals surface area contributed by atoms with Crippen LogP contribution in [0.25, 0.3) is 0 Å². The van der Waals surface area contributed by atoms with E-state index in [0.29, 0.717) is 19.8 Å². The summed E-state index contributed by atoms with van der Waals surface area (Å²) in [5.74, 6) is 0.926. The standard InChI is InChI=1S/C15H28N2O3/c1-13-3-7-17(8-4-13)14(19)11-16(2)15(12-18)5-9-20-10-6-15/h13,18H,3-12H2,1-2H3. The van der Waals surface area contributed by atoms with E-state index >= 15 is 0 Å². The van der Waals surface area contributed by atoms with Gasteiger partial charge in [-0.1, -0.05) is 6.92 Å². The van der Waals surface area contributed by atoms with Crippen LogP contribution in [0.5, 0.6) is 0 Å². The SMILES string of the molecule is CC1CCN(C(=O)CN(C)C2(CO)CCOCC2)CC1. The lowest BCUT2D eigenvalue weighted by Crippen LogP contribution is -2.56. The number of aliphatic hydroxyl groups excluding tert-OH is 1. The van der Waals surface area contributed by atoms with Gasteiger partial charge in [-0.2, -0.15) is 0 Å². The molecule has 116 valence electrons. The van der Waals surface area contributed by atoms with Gasteiger partial charge in [0.1, 0.15) is 0 Å². The summed E-state index contributed by atoms with van der Waals surface area (Å²) < 4.78 is 5.38. The van der Waals surface area contributed by atoms with Crippen molar-refractivity contribution in [1.29, 1.82) is 0 Å². The molecular formula is C15H28N2O3. The molecule has 0 aromatic rings. The molecule has 2 fully saturated rings. The highest BCUT2D eigenvalue weighted by Crippen LogP contribution is 2.26. The molecule has 2 aliphatic rings. The Balaban J connectivity index is 1.89. The first-order valence-electron chi connectivity index (χ1n) is 7.75. The fourth-order valence-corrected chi connectivity index (χ4v) is 3.14. The molecule has 0 bridgehead atoms. The molecule has 1 amide bonds. The number of carbonyl (C=O) groups is 1. The van der Waals surface area contributed by atoms with E-state index < -0.39 is 0 Å². The number of hydrogen-bond donors (Lipinski definition) is 1. The van der Waals surface area contributed by atoms with Crippen LogP contribution < -0.4 is 0 Å². The average Bonchev–Trinajstić information content (AvgIpc) is 2.48. The second-order valence-corrected chi connectivity index (χ2v) is 6.41. The van der Waals surface area contributed by atoms with Gasteiger partial charge in [0.25, 0.3) is 0 Å². The summed E-state index contributed by atoms with van der Waals surface area (Å²) in [5.41, 5.74) is -0.281. The number of amides is 1. The van der Waals surface area contributed by atoms with E-state index in [2.05, 4.69) is 6.92 Å². The average molecular weight is 284 g/mol. The number of aliphatic hydroxyl groups is 1. The summed E-state index contributed by atoms with van der Waals surface area (Å²) >= 11 is 0. The van der Waals surface area contributed by atoms with Gasteiger partial charge in [0.2, 0.25) is 5.91 Å². The monoisotopic (exact) mass is 284 g/mol. The maximum absolute atomic E-state index is 12.4. The molecule has 5 heteroatoms. The van der Waals surface area contributed by atoms with Crippen LogP contribution in [-0.2, 0) is 9.53 Å². The lowest BCUT2D eigenvalue weighted by molar-refractivity contribution is -0.137. The molecule has 20 heavy (non-hydrogen) atoms. The zero-order valence-electron chi connectivity index (χ0n) is 12.8. The Morgan fingerprint density at radius 2 is 1.95 bits per heavy atom. The van der Waals surface area contributed by atoms with Crippen molar-refractivity contribution < 1.29 is 14.6 Å². The minimum Gasteiger partial charge on any atom is -0.394 e. The summed E-state index contributed by atoms with van der Waals surface area (Å²) in [4.78, 5) is 16.4. The summed E-state index contributed by atoms with van der Waals surface area (Å²) in [6.07, 6.45) is 3.80. The lowest BCUT2D eigenvalue weighted by atomic mass is 9.89. The second kappa shape index (κ2) is 6.87. The summed E-state index contributed by atoms with van der Waals surface area (Å²) in [5, 5.41) is 9.75. The number of nitrogens with zero attached hydrogens (tertiary/aromatic N) is 2. The van der Waals surface area contributed by atoms with E-state index in [4.69, 9.17) is 4.74 Å². The third-order valence-corrected chi connectivity index (χ3v) is 5.04. The number of carbonyl (C=O) groups excluding carboxylic acids is 1. The molecule has 5 nitrogen and oxygen atoms in total. The fourth-order valence-electron chi connectivity index (χ4n) is 3.14. The van der Waals surface area contributed by atoms with Crippen molar-refractivity contribution in [3.05, 3.63) is 0 Å². The zero-order valence-corrected chi connectivity index (χ0v) is 12.8. The van der Waals surface area contributed by atoms with E-state index in [9.17, 15) is 9.90 Å². The van der Waals surface area contributed by atoms with Crippen molar-refractivity contribution in [2.24, 2.45) is 5.92 Å². The molecule has 0 aromatic carbocycles. The van der Waals surface area contributed by atoms with Crippen LogP contribution in [-0.4, -0.2) is 72.9 Å². The Morgan fingerprint density at radius 1 is 1.35 bits per heavy atom. The van der Waals surface area contributed by atoms with Crippen LogP contribution in [0.4, 0.5) is 0 Å². The topological polar surface area (TPSA) is 53.0 Å². The van der Waals surface area contributed by atoms with E-state index in [0.717, 1.165) is 44.7 Å². The van der Waals surface area contributed by atoms with Crippen LogP contribution in [0.3, 0.4) is 0 Å². The Kier molecular flexibility index (Phi) is 5.41. The molecule has 2 saturated heterocycles. The van der Waals surface area contributed by atoms with Crippen LogP contribution >= 0.6 is 0 Å². The van der Waals surface area contributed by atoms with Crippen molar-refractivity contribution in [2.45, 2.75) is 38.1 Å². The van der Waals surface area contributed by atoms with Crippen molar-refractivity contribution in [2.75, 3.05) is 46.5 Å². The number of ether oxygens (including phenoxy) is 1. The van der Waals surface area contributed by atoms with Crippen LogP contribution in [0.15, 0.2) is 0 Å². The van der Waals surface area contributed by atoms with Gasteiger partial charge in [0, 0.05) is 31.8 Å². The summed E-state index contributed by atoms with van der Waals surface area (Å²) in [6, 6.07) is 0. The van der Waals surface area contributed by atoms with E-state index in [1.165, 1.54) is 0 Å². The lowest BCUT2D eigenvalue weighted by Gasteiger charge is -2.43. The Bertz CT molecular complexity index is 321. The van der Waals surface area contributed by atoms with Gasteiger partial charge in [0.15, 0.2) is 0 Å². The van der Waals surface area contributed by atoms with Gasteiger partial charge in [-0.15, -0.1) is 0 Å². The highest BCUT2D eigenvalue weighted by Gasteiger charge is 2.37. The molecule has 2 rings (SSSR count). The highest BCUT2D eigenvalue weighted by molar-refractivity contribution is 5.78. The third-order valence-electron chi connectivity index (χ3n) is 5.04. The zero-order chi connectivity index (χ0) is 14.6. The molecule has 2 aliphatic heterocycles. The normalized spacial score (nSPS) is 24.1. The Labute approximate surface area is 121 Å². The van der Waals surface area contributed by atoms with Crippen molar-refractivity contribution in [3.8, 4) is 0 Å². The van der Waals surface area contributed by atoms with Gasteiger partial charge in [-0.25, -0.2) is 0 Å². The molecule has 0 spiro atoms. The van der Waals surface area contributed by atoms with E-state index in [-0.39, 0.29) is 18.1 Å². The maximum atomic E-state index is 12.4. The minimum atomic E-state index is -0.281. The fraction of sp³-hybridized carbons (Fsp3) is 0.933. The largest absolute Gasteiger partial charge is 0.394 e. The Hall–Kier alpha value is -0.650. The second-order valence-electron chi connectivity index (χ2n) is 6.41. The number of likely N-dealkylation sites (tertiary alicyclic amines) is 1. The van der Waals surface area contributed by atoms with Gasteiger partial charge < -0.3 is 14.7 Å². The number of likely N-dealkylation sites (N-methyl/N-ethyl adjacent to an activating group) is 1. The Morgan fingerprint density at radius 3 is 2.50 bits per heavy atom. The molecule has 0 saturated carbocycles. The molecule has 0 aromatic heterocycles. The third kappa shape index (κ3) is 3.51. The number of rotatable bonds is 4. The predicted molar refractivity (Wildman–Crippen MR) is 77.5 cm³/mol. The van der Waals surface area contributed by atoms with Crippen LogP contribution in [0.1, 0.15) is 32.6 Å². The number of piperidine rings is 1. The number of hydrogen-bond acceptors (Lipinski definition) is 4. The minimum absolute atomic E-state index is 0.0944. The maximum Gasteiger partial charge on any atom is 0.236 e. The summed E-state index contributed by atoms with van der Waals surface area (Å²) in [7, 11) is 1.95. The van der Waals surface area contributed by atoms with Crippen molar-refractivity contribution >= 4 is 5.91 Å². The molecule has 0 atom stereocenters. The molecular weight excluding hydrogens is 256 g/mol. The molecule has 0 unspecified atom stereocenters. The van der Waals surface area contributed by atoms with Crippen molar-refractivity contribution in [3.63, 3.8) is 0 Å². The van der Waals surface area contributed by atoms with E-state index in [1.54, 1.807) is 0 Å². The van der Waals surface area contributed by atoms with Crippen molar-refractivity contribution in [1.82, 2.24) is 9.80 Å². The highest BCUT2D eigenvalue weighted by atomic mass is 16.5. The molecule has 0 aliphatic carbocycles. The summed E-state index contributed by atoms with van der Waals surface area (Å²) in [6.45, 7) is 5.83. The van der Waals surface area contributed by atoms with Gasteiger partial charge in [-0.3, -0.25) is 9.69 Å². The van der Waals surface area contributed by atoms with Gasteiger partial charge >= 0.3 is 0 Å². The van der Waals surface area contributed by atoms with E-state index in [1.807, 2.05) is 16.8 Å². The van der Waals surface area contributed by atoms with Gasteiger partial charge in [0.05, 0.1) is 13.2 Å². The van der Waals surface area contributed by atoms with Crippen LogP contribution in [0.2, 0.25) is 0 Å². The molecule has 0 radical (unpaired) electrons. The predicted octanol–water partition coefficient (Wildman–Crippen LogP) is 0.718. The first-order valence-corrected chi connectivity index (χ1v) is 7.75.